The molecule has 1 aromatic carbocycles. The Kier molecular flexibility index (Phi) is 3.40. The van der Waals surface area contributed by atoms with Crippen molar-refractivity contribution in [2.75, 3.05) is 0 Å². The monoisotopic (exact) mass is 254 g/mol. The zero-order chi connectivity index (χ0) is 13.4. The fraction of sp³-hybridized carbons (Fsp3) is 0.300. The zero-order valence-electron chi connectivity index (χ0n) is 8.48. The minimum absolute atomic E-state index is 0.235. The van der Waals surface area contributed by atoms with Gasteiger partial charge in [-0.15, -0.1) is 0 Å². The van der Waals surface area contributed by atoms with E-state index < -0.39 is 40.8 Å². The molecule has 0 aromatic heterocycles. The molecule has 1 aromatic rings. The molecule has 0 amide bonds. The number of ketones is 1. The number of aromatic hydroxyl groups is 1. The van der Waals surface area contributed by atoms with Crippen LogP contribution in [0.4, 0.5) is 22.0 Å². The Morgan fingerprint density at radius 1 is 1.29 bits per heavy atom. The Labute approximate surface area is 92.7 Å². The van der Waals surface area contributed by atoms with Crippen LogP contribution in [0.2, 0.25) is 0 Å². The second-order valence-corrected chi connectivity index (χ2v) is 3.31. The Morgan fingerprint density at radius 2 is 1.82 bits per heavy atom. The fourth-order valence-corrected chi connectivity index (χ4v) is 1.31. The normalized spacial score (nSPS) is 11.9. The summed E-state index contributed by atoms with van der Waals surface area (Å²) in [7, 11) is 0. The van der Waals surface area contributed by atoms with E-state index in [1.165, 1.54) is 0 Å². The van der Waals surface area contributed by atoms with Gasteiger partial charge in [0.25, 0.3) is 6.43 Å². The number of halogens is 5. The first-order valence-corrected chi connectivity index (χ1v) is 4.37. The number of hydrogen-bond acceptors (Lipinski definition) is 2. The van der Waals surface area contributed by atoms with Gasteiger partial charge in [0.05, 0.1) is 11.1 Å². The minimum Gasteiger partial charge on any atom is -0.507 e. The quantitative estimate of drug-likeness (QED) is 0.647. The summed E-state index contributed by atoms with van der Waals surface area (Å²) in [5.74, 6) is -1.73. The summed E-state index contributed by atoms with van der Waals surface area (Å²) in [6, 6.07) is 0.503. The highest BCUT2D eigenvalue weighted by Gasteiger charge is 2.37. The highest BCUT2D eigenvalue weighted by atomic mass is 19.4. The molecule has 1 N–H and O–H groups in total. The second kappa shape index (κ2) is 4.31. The molecule has 0 radical (unpaired) electrons. The van der Waals surface area contributed by atoms with Gasteiger partial charge in [0, 0.05) is 5.56 Å². The van der Waals surface area contributed by atoms with Gasteiger partial charge in [0.1, 0.15) is 5.75 Å². The van der Waals surface area contributed by atoms with E-state index in [0.29, 0.717) is 0 Å². The summed E-state index contributed by atoms with van der Waals surface area (Å²) in [6.45, 7) is 0.928. The molecular formula is C10H7F5O2. The van der Waals surface area contributed by atoms with E-state index in [1.54, 1.807) is 0 Å². The molecule has 0 heterocycles. The third-order valence-electron chi connectivity index (χ3n) is 2.09. The van der Waals surface area contributed by atoms with Crippen molar-refractivity contribution in [3.8, 4) is 5.75 Å². The maximum atomic E-state index is 12.5. The molecule has 0 atom stereocenters. The first-order chi connectivity index (χ1) is 7.64. The maximum Gasteiger partial charge on any atom is 0.416 e. The number of hydrogen-bond donors (Lipinski definition) is 1. The van der Waals surface area contributed by atoms with Crippen molar-refractivity contribution in [1.29, 1.82) is 0 Å². The van der Waals surface area contributed by atoms with Crippen LogP contribution in [0.1, 0.15) is 34.8 Å². The molecule has 17 heavy (non-hydrogen) atoms. The molecule has 0 bridgehead atoms. The summed E-state index contributed by atoms with van der Waals surface area (Å²) >= 11 is 0. The van der Waals surface area contributed by atoms with Gasteiger partial charge < -0.3 is 5.11 Å². The topological polar surface area (TPSA) is 37.3 Å². The molecule has 0 saturated heterocycles. The van der Waals surface area contributed by atoms with Crippen LogP contribution in [0.15, 0.2) is 12.1 Å². The molecule has 0 aliphatic carbocycles. The number of benzene rings is 1. The first-order valence-electron chi connectivity index (χ1n) is 4.37. The minimum atomic E-state index is -5.01. The predicted octanol–water partition coefficient (Wildman–Crippen LogP) is 3.55. The predicted molar refractivity (Wildman–Crippen MR) is 48.1 cm³/mol. The summed E-state index contributed by atoms with van der Waals surface area (Å²) in [4.78, 5) is 10.9. The van der Waals surface area contributed by atoms with Gasteiger partial charge in [0.2, 0.25) is 0 Å². The van der Waals surface area contributed by atoms with E-state index in [2.05, 4.69) is 0 Å². The number of phenols is 1. The zero-order valence-corrected chi connectivity index (χ0v) is 8.48. The van der Waals surface area contributed by atoms with Crippen LogP contribution in [0, 0.1) is 0 Å². The number of carbonyl (C=O) groups excluding carboxylic acids is 1. The largest absolute Gasteiger partial charge is 0.507 e. The van der Waals surface area contributed by atoms with Gasteiger partial charge >= 0.3 is 6.18 Å². The summed E-state index contributed by atoms with van der Waals surface area (Å²) in [6.07, 6.45) is -8.40. The average Bonchev–Trinajstić information content (AvgIpc) is 2.14. The SMILES string of the molecule is CC(=O)c1cc(C(F)(F)F)c(C(F)F)cc1O. The van der Waals surface area contributed by atoms with Crippen LogP contribution in [0.3, 0.4) is 0 Å². The molecule has 94 valence electrons. The lowest BCUT2D eigenvalue weighted by atomic mass is 10.0. The van der Waals surface area contributed by atoms with Crippen LogP contribution in [0.25, 0.3) is 0 Å². The van der Waals surface area contributed by atoms with Crippen molar-refractivity contribution < 1.29 is 31.9 Å². The van der Waals surface area contributed by atoms with Gasteiger partial charge in [-0.05, 0) is 19.1 Å². The molecule has 2 nitrogen and oxygen atoms in total. The van der Waals surface area contributed by atoms with E-state index in [4.69, 9.17) is 0 Å². The van der Waals surface area contributed by atoms with Gasteiger partial charge in [-0.25, -0.2) is 8.78 Å². The lowest BCUT2D eigenvalue weighted by molar-refractivity contribution is -0.139. The van der Waals surface area contributed by atoms with Crippen molar-refractivity contribution in [2.24, 2.45) is 0 Å². The molecule has 0 saturated carbocycles. The van der Waals surface area contributed by atoms with E-state index >= 15 is 0 Å². The van der Waals surface area contributed by atoms with Gasteiger partial charge in [-0.2, -0.15) is 13.2 Å². The summed E-state index contributed by atoms with van der Waals surface area (Å²) < 4.78 is 62.1. The lowest BCUT2D eigenvalue weighted by Crippen LogP contribution is -2.11. The van der Waals surface area contributed by atoms with E-state index in [9.17, 15) is 31.9 Å². The van der Waals surface area contributed by atoms with Crippen molar-refractivity contribution in [3.63, 3.8) is 0 Å². The van der Waals surface area contributed by atoms with Crippen molar-refractivity contribution >= 4 is 5.78 Å². The van der Waals surface area contributed by atoms with Gasteiger partial charge in [-0.3, -0.25) is 4.79 Å². The molecule has 7 heteroatoms. The molecule has 0 aliphatic rings. The molecule has 0 spiro atoms. The molecular weight excluding hydrogens is 247 g/mol. The molecule has 0 aliphatic heterocycles. The fourth-order valence-electron chi connectivity index (χ4n) is 1.31. The molecule has 0 fully saturated rings. The average molecular weight is 254 g/mol. The Morgan fingerprint density at radius 3 is 2.18 bits per heavy atom. The second-order valence-electron chi connectivity index (χ2n) is 3.31. The third-order valence-corrected chi connectivity index (χ3v) is 2.09. The highest BCUT2D eigenvalue weighted by molar-refractivity contribution is 5.97. The summed E-state index contributed by atoms with van der Waals surface area (Å²) in [5.41, 5.74) is -3.60. The van der Waals surface area contributed by atoms with Gasteiger partial charge in [0.15, 0.2) is 5.78 Å². The number of rotatable bonds is 2. The molecule has 0 unspecified atom stereocenters. The van der Waals surface area contributed by atoms with Crippen LogP contribution >= 0.6 is 0 Å². The van der Waals surface area contributed by atoms with Crippen molar-refractivity contribution in [2.45, 2.75) is 19.5 Å². The van der Waals surface area contributed by atoms with Crippen LogP contribution in [0.5, 0.6) is 5.75 Å². The Balaban J connectivity index is 3.54. The van der Waals surface area contributed by atoms with Crippen molar-refractivity contribution in [1.82, 2.24) is 0 Å². The Bertz CT molecular complexity index is 451. The number of carbonyl (C=O) groups is 1. The standard InChI is InChI=1S/C10H7F5O2/c1-4(16)5-2-7(10(13,14)15)6(9(11)12)3-8(5)17/h2-3,9,17H,1H3. The highest BCUT2D eigenvalue weighted by Crippen LogP contribution is 2.39. The number of phenolic OH excluding ortho intramolecular Hbond substituents is 1. The van der Waals surface area contributed by atoms with E-state index in [1.807, 2.05) is 0 Å². The lowest BCUT2D eigenvalue weighted by Gasteiger charge is -2.14. The van der Waals surface area contributed by atoms with Gasteiger partial charge in [-0.1, -0.05) is 0 Å². The van der Waals surface area contributed by atoms with E-state index in [0.717, 1.165) is 6.92 Å². The number of alkyl halides is 5. The van der Waals surface area contributed by atoms with E-state index in [-0.39, 0.29) is 12.1 Å². The van der Waals surface area contributed by atoms with Crippen LogP contribution < -0.4 is 0 Å². The van der Waals surface area contributed by atoms with Crippen LogP contribution in [-0.4, -0.2) is 10.9 Å². The number of Topliss-reactive ketones (excluding diaryl/α,β-unsaturated/α-hetero) is 1. The molecule has 1 rings (SSSR count). The third kappa shape index (κ3) is 2.72. The first kappa shape index (κ1) is 13.4. The van der Waals surface area contributed by atoms with Crippen LogP contribution in [-0.2, 0) is 6.18 Å². The maximum absolute atomic E-state index is 12.5. The smallest absolute Gasteiger partial charge is 0.416 e. The van der Waals surface area contributed by atoms with Crippen molar-refractivity contribution in [3.05, 3.63) is 28.8 Å². The summed E-state index contributed by atoms with van der Waals surface area (Å²) in [5, 5.41) is 9.18. The Hall–Kier alpha value is -1.66.